The lowest BCUT2D eigenvalue weighted by molar-refractivity contribution is -0.140. The van der Waals surface area contributed by atoms with Gasteiger partial charge in [0, 0.05) is 26.2 Å². The minimum atomic E-state index is -3.94. The number of aromatic nitrogens is 2. The summed E-state index contributed by atoms with van der Waals surface area (Å²) in [5, 5.41) is 22.2. The van der Waals surface area contributed by atoms with E-state index in [2.05, 4.69) is 5.10 Å². The monoisotopic (exact) mass is 275 g/mol. The predicted octanol–water partition coefficient (Wildman–Crippen LogP) is -1.37. The van der Waals surface area contributed by atoms with Crippen molar-refractivity contribution in [3.05, 3.63) is 12.4 Å². The Balaban J connectivity index is 2.38. The number of aryl methyl sites for hydroxylation is 1. The molecule has 0 bridgehead atoms. The number of carbonyl (C=O) groups is 1. The Bertz CT molecular complexity index is 567. The Morgan fingerprint density at radius 3 is 2.72 bits per heavy atom. The molecule has 100 valence electrons. The Labute approximate surface area is 103 Å². The van der Waals surface area contributed by atoms with Crippen molar-refractivity contribution in [2.24, 2.45) is 7.05 Å². The van der Waals surface area contributed by atoms with Gasteiger partial charge in [0.25, 0.3) is 0 Å². The van der Waals surface area contributed by atoms with Crippen LogP contribution in [0.5, 0.6) is 0 Å². The second kappa shape index (κ2) is 4.34. The molecule has 0 aromatic carbocycles. The molecule has 0 saturated carbocycles. The summed E-state index contributed by atoms with van der Waals surface area (Å²) in [6, 6.07) is -1.23. The van der Waals surface area contributed by atoms with Crippen LogP contribution in [0.1, 0.15) is 6.42 Å². The summed E-state index contributed by atoms with van der Waals surface area (Å²) in [5.41, 5.74) is 0. The highest BCUT2D eigenvalue weighted by molar-refractivity contribution is 7.89. The number of aliphatic carboxylic acids is 1. The predicted molar refractivity (Wildman–Crippen MR) is 59.1 cm³/mol. The van der Waals surface area contributed by atoms with Gasteiger partial charge in [-0.1, -0.05) is 0 Å². The van der Waals surface area contributed by atoms with E-state index in [9.17, 15) is 18.3 Å². The molecule has 0 radical (unpaired) electrons. The highest BCUT2D eigenvalue weighted by Gasteiger charge is 2.43. The molecule has 2 rings (SSSR count). The van der Waals surface area contributed by atoms with Gasteiger partial charge in [-0.3, -0.25) is 9.48 Å². The van der Waals surface area contributed by atoms with E-state index in [1.165, 1.54) is 10.9 Å². The van der Waals surface area contributed by atoms with Gasteiger partial charge in [-0.25, -0.2) is 8.42 Å². The minimum absolute atomic E-state index is 0.0784. The first-order valence-corrected chi connectivity index (χ1v) is 6.67. The maximum Gasteiger partial charge on any atom is 0.322 e. The van der Waals surface area contributed by atoms with Crippen LogP contribution in [0.3, 0.4) is 0 Å². The third-order valence-corrected chi connectivity index (χ3v) is 4.63. The van der Waals surface area contributed by atoms with Crippen molar-refractivity contribution < 1.29 is 23.4 Å². The summed E-state index contributed by atoms with van der Waals surface area (Å²) in [7, 11) is -2.37. The molecule has 0 amide bonds. The molecule has 1 aromatic heterocycles. The van der Waals surface area contributed by atoms with Crippen molar-refractivity contribution in [3.8, 4) is 0 Å². The van der Waals surface area contributed by atoms with Gasteiger partial charge < -0.3 is 10.2 Å². The van der Waals surface area contributed by atoms with E-state index in [1.54, 1.807) is 7.05 Å². The number of sulfonamides is 1. The molecule has 9 heteroatoms. The van der Waals surface area contributed by atoms with Gasteiger partial charge >= 0.3 is 5.97 Å². The van der Waals surface area contributed by atoms with E-state index in [-0.39, 0.29) is 17.9 Å². The Hall–Kier alpha value is -1.45. The molecule has 1 saturated heterocycles. The average Bonchev–Trinajstić information content (AvgIpc) is 2.84. The maximum atomic E-state index is 12.2. The van der Waals surface area contributed by atoms with Crippen LogP contribution in [0.4, 0.5) is 0 Å². The summed E-state index contributed by atoms with van der Waals surface area (Å²) in [6.07, 6.45) is 1.38. The van der Waals surface area contributed by atoms with Crippen molar-refractivity contribution in [1.29, 1.82) is 0 Å². The normalized spacial score (nSPS) is 25.4. The SMILES string of the molecule is Cn1cc(S(=O)(=O)N2C[C@H](O)C[C@H]2C(=O)O)cn1. The minimum Gasteiger partial charge on any atom is -0.480 e. The lowest BCUT2D eigenvalue weighted by Crippen LogP contribution is -2.40. The summed E-state index contributed by atoms with van der Waals surface area (Å²) in [4.78, 5) is 10.9. The van der Waals surface area contributed by atoms with Crippen molar-refractivity contribution in [2.75, 3.05) is 6.54 Å². The summed E-state index contributed by atoms with van der Waals surface area (Å²) in [6.45, 7) is -0.214. The van der Waals surface area contributed by atoms with Crippen LogP contribution in [-0.2, 0) is 21.9 Å². The molecular formula is C9H13N3O5S. The van der Waals surface area contributed by atoms with Crippen LogP contribution in [-0.4, -0.2) is 57.4 Å². The van der Waals surface area contributed by atoms with E-state index in [0.29, 0.717) is 0 Å². The number of aliphatic hydroxyl groups is 1. The Morgan fingerprint density at radius 1 is 1.56 bits per heavy atom. The van der Waals surface area contributed by atoms with Crippen molar-refractivity contribution in [3.63, 3.8) is 0 Å². The van der Waals surface area contributed by atoms with Gasteiger partial charge in [-0.2, -0.15) is 9.40 Å². The first-order chi connectivity index (χ1) is 8.32. The van der Waals surface area contributed by atoms with Crippen molar-refractivity contribution in [2.45, 2.75) is 23.5 Å². The molecule has 0 unspecified atom stereocenters. The first-order valence-electron chi connectivity index (χ1n) is 5.23. The zero-order valence-corrected chi connectivity index (χ0v) is 10.4. The average molecular weight is 275 g/mol. The number of hydrogen-bond acceptors (Lipinski definition) is 5. The molecule has 8 nitrogen and oxygen atoms in total. The molecule has 1 fully saturated rings. The number of carboxylic acid groups (broad SMARTS) is 1. The fourth-order valence-corrected chi connectivity index (χ4v) is 3.56. The zero-order chi connectivity index (χ0) is 13.5. The van der Waals surface area contributed by atoms with Crippen LogP contribution in [0.25, 0.3) is 0 Å². The van der Waals surface area contributed by atoms with Gasteiger partial charge in [-0.05, 0) is 0 Å². The molecule has 2 atom stereocenters. The summed E-state index contributed by atoms with van der Waals surface area (Å²) in [5.74, 6) is -1.26. The maximum absolute atomic E-state index is 12.2. The fourth-order valence-electron chi connectivity index (χ4n) is 1.94. The quantitative estimate of drug-likeness (QED) is 0.703. The molecule has 0 aliphatic carbocycles. The van der Waals surface area contributed by atoms with E-state index >= 15 is 0 Å². The molecular weight excluding hydrogens is 262 g/mol. The van der Waals surface area contributed by atoms with Gasteiger partial charge in [-0.15, -0.1) is 0 Å². The summed E-state index contributed by atoms with van der Waals surface area (Å²) >= 11 is 0. The largest absolute Gasteiger partial charge is 0.480 e. The first kappa shape index (κ1) is 13.0. The molecule has 18 heavy (non-hydrogen) atoms. The van der Waals surface area contributed by atoms with E-state index < -0.39 is 28.1 Å². The van der Waals surface area contributed by atoms with Crippen molar-refractivity contribution >= 4 is 16.0 Å². The van der Waals surface area contributed by atoms with Crippen molar-refractivity contribution in [1.82, 2.24) is 14.1 Å². The van der Waals surface area contributed by atoms with Gasteiger partial charge in [0.15, 0.2) is 0 Å². The number of rotatable bonds is 3. The standard InChI is InChI=1S/C9H13N3O5S/c1-11-5-7(3-10-11)18(16,17)12-4-6(13)2-8(12)9(14)15/h3,5-6,8,13H,2,4H2,1H3,(H,14,15)/t6-,8+/m1/s1. The number of nitrogens with zero attached hydrogens (tertiary/aromatic N) is 3. The molecule has 2 heterocycles. The number of hydrogen-bond donors (Lipinski definition) is 2. The lowest BCUT2D eigenvalue weighted by atomic mass is 10.2. The van der Waals surface area contributed by atoms with Crippen LogP contribution < -0.4 is 0 Å². The van der Waals surface area contributed by atoms with Crippen LogP contribution in [0.2, 0.25) is 0 Å². The molecule has 2 N–H and O–H groups in total. The summed E-state index contributed by atoms with van der Waals surface area (Å²) < 4.78 is 26.5. The molecule has 1 aliphatic heterocycles. The van der Waals surface area contributed by atoms with Crippen LogP contribution >= 0.6 is 0 Å². The van der Waals surface area contributed by atoms with Gasteiger partial charge in [0.2, 0.25) is 10.0 Å². The Morgan fingerprint density at radius 2 is 2.22 bits per heavy atom. The fraction of sp³-hybridized carbons (Fsp3) is 0.556. The second-order valence-corrected chi connectivity index (χ2v) is 6.06. The lowest BCUT2D eigenvalue weighted by Gasteiger charge is -2.19. The van der Waals surface area contributed by atoms with Gasteiger partial charge in [0.05, 0.1) is 12.3 Å². The van der Waals surface area contributed by atoms with Crippen LogP contribution in [0.15, 0.2) is 17.3 Å². The second-order valence-electron chi connectivity index (χ2n) is 4.17. The highest BCUT2D eigenvalue weighted by Crippen LogP contribution is 2.26. The third-order valence-electron chi connectivity index (χ3n) is 2.81. The smallest absolute Gasteiger partial charge is 0.322 e. The van der Waals surface area contributed by atoms with Crippen LogP contribution in [0, 0.1) is 0 Å². The molecule has 0 spiro atoms. The zero-order valence-electron chi connectivity index (χ0n) is 9.59. The Kier molecular flexibility index (Phi) is 3.13. The number of β-amino-alcohol motifs (C(OH)–C–C–N with tert-alkyl or cyclic N) is 1. The molecule has 1 aromatic rings. The number of carboxylic acids is 1. The number of aliphatic hydroxyl groups excluding tert-OH is 1. The highest BCUT2D eigenvalue weighted by atomic mass is 32.2. The third kappa shape index (κ3) is 2.11. The molecule has 1 aliphatic rings. The van der Waals surface area contributed by atoms with E-state index in [0.717, 1.165) is 10.5 Å². The van der Waals surface area contributed by atoms with E-state index in [4.69, 9.17) is 5.11 Å². The van der Waals surface area contributed by atoms with E-state index in [1.807, 2.05) is 0 Å². The van der Waals surface area contributed by atoms with Gasteiger partial charge in [0.1, 0.15) is 10.9 Å². The topological polar surface area (TPSA) is 113 Å².